The van der Waals surface area contributed by atoms with Crippen LogP contribution in [0.25, 0.3) is 0 Å². The molecule has 1 aromatic rings. The number of likely N-dealkylation sites (tertiary alicyclic amines) is 1. The Morgan fingerprint density at radius 3 is 2.22 bits per heavy atom. The van der Waals surface area contributed by atoms with Crippen molar-refractivity contribution in [3.63, 3.8) is 0 Å². The van der Waals surface area contributed by atoms with E-state index in [0.29, 0.717) is 22.5 Å². The number of amides is 1. The van der Waals surface area contributed by atoms with Crippen molar-refractivity contribution in [2.45, 2.75) is 19.4 Å². The summed E-state index contributed by atoms with van der Waals surface area (Å²) in [6, 6.07) is 5.81. The van der Waals surface area contributed by atoms with Crippen LogP contribution in [0, 0.1) is 0 Å². The van der Waals surface area contributed by atoms with Crippen LogP contribution in [0.5, 0.6) is 0 Å². The summed E-state index contributed by atoms with van der Waals surface area (Å²) in [5.74, 6) is 0.292. The summed E-state index contributed by atoms with van der Waals surface area (Å²) < 4.78 is 0. The summed E-state index contributed by atoms with van der Waals surface area (Å²) in [5, 5.41) is 1.21. The Morgan fingerprint density at radius 1 is 0.913 bits per heavy atom. The second-order valence-electron chi connectivity index (χ2n) is 6.39. The maximum Gasteiger partial charge on any atom is 0.236 e. The van der Waals surface area contributed by atoms with Crippen LogP contribution >= 0.6 is 23.2 Å². The molecule has 1 aromatic carbocycles. The molecule has 3 rings (SSSR count). The Morgan fingerprint density at radius 2 is 1.57 bits per heavy atom. The third-order valence-corrected chi connectivity index (χ3v) is 5.41. The van der Waals surface area contributed by atoms with Gasteiger partial charge in [-0.15, -0.1) is 0 Å². The first-order chi connectivity index (χ1) is 11.1. The van der Waals surface area contributed by atoms with Crippen molar-refractivity contribution >= 4 is 29.1 Å². The quantitative estimate of drug-likeness (QED) is 0.830. The van der Waals surface area contributed by atoms with Gasteiger partial charge in [0.2, 0.25) is 5.91 Å². The van der Waals surface area contributed by atoms with Crippen LogP contribution in [0.1, 0.15) is 18.4 Å². The minimum Gasteiger partial charge on any atom is -0.342 e. The highest BCUT2D eigenvalue weighted by atomic mass is 35.5. The Labute approximate surface area is 147 Å². The third-order valence-electron chi connectivity index (χ3n) is 4.67. The number of nitrogens with zero attached hydrogens (tertiary/aromatic N) is 3. The fourth-order valence-corrected chi connectivity index (χ4v) is 3.58. The van der Waals surface area contributed by atoms with E-state index in [1.54, 1.807) is 0 Å². The van der Waals surface area contributed by atoms with E-state index in [1.807, 2.05) is 23.1 Å². The molecular formula is C17H23Cl2N3O. The van der Waals surface area contributed by atoms with Gasteiger partial charge in [-0.05, 0) is 30.5 Å². The smallest absolute Gasteiger partial charge is 0.236 e. The van der Waals surface area contributed by atoms with E-state index < -0.39 is 0 Å². The van der Waals surface area contributed by atoms with Crippen LogP contribution in [-0.2, 0) is 11.3 Å². The van der Waals surface area contributed by atoms with Gasteiger partial charge in [0.15, 0.2) is 0 Å². The Kier molecular flexibility index (Phi) is 5.81. The van der Waals surface area contributed by atoms with Crippen molar-refractivity contribution in [3.8, 4) is 0 Å². The van der Waals surface area contributed by atoms with Crippen molar-refractivity contribution in [1.82, 2.24) is 14.7 Å². The minimum atomic E-state index is 0.292. The van der Waals surface area contributed by atoms with Crippen LogP contribution < -0.4 is 0 Å². The van der Waals surface area contributed by atoms with E-state index in [1.165, 1.54) is 5.56 Å². The van der Waals surface area contributed by atoms with Crippen LogP contribution in [-0.4, -0.2) is 66.4 Å². The molecule has 2 aliphatic rings. The van der Waals surface area contributed by atoms with Crippen molar-refractivity contribution in [2.24, 2.45) is 0 Å². The van der Waals surface area contributed by atoms with E-state index in [0.717, 1.165) is 58.7 Å². The first kappa shape index (κ1) is 17.0. The fraction of sp³-hybridized carbons (Fsp3) is 0.588. The molecule has 0 bridgehead atoms. The van der Waals surface area contributed by atoms with Gasteiger partial charge in [0.1, 0.15) is 0 Å². The van der Waals surface area contributed by atoms with E-state index in [-0.39, 0.29) is 0 Å². The zero-order valence-electron chi connectivity index (χ0n) is 13.3. The van der Waals surface area contributed by atoms with Gasteiger partial charge in [0.05, 0.1) is 16.6 Å². The molecule has 0 atom stereocenters. The maximum atomic E-state index is 12.2. The second kappa shape index (κ2) is 7.84. The molecule has 4 nitrogen and oxygen atoms in total. The number of carbonyl (C=O) groups excluding carboxylic acids is 1. The molecule has 0 radical (unpaired) electrons. The fourth-order valence-electron chi connectivity index (χ4n) is 3.26. The highest BCUT2D eigenvalue weighted by Gasteiger charge is 2.23. The summed E-state index contributed by atoms with van der Waals surface area (Å²) in [5.41, 5.74) is 1.18. The topological polar surface area (TPSA) is 26.8 Å². The summed E-state index contributed by atoms with van der Waals surface area (Å²) in [4.78, 5) is 18.9. The van der Waals surface area contributed by atoms with Crippen molar-refractivity contribution in [1.29, 1.82) is 0 Å². The van der Waals surface area contributed by atoms with Gasteiger partial charge in [-0.25, -0.2) is 0 Å². The van der Waals surface area contributed by atoms with Gasteiger partial charge in [-0.3, -0.25) is 14.6 Å². The van der Waals surface area contributed by atoms with Crippen LogP contribution in [0.3, 0.4) is 0 Å². The number of rotatable bonds is 4. The van der Waals surface area contributed by atoms with E-state index >= 15 is 0 Å². The van der Waals surface area contributed by atoms with Gasteiger partial charge in [0, 0.05) is 45.8 Å². The van der Waals surface area contributed by atoms with Gasteiger partial charge >= 0.3 is 0 Å². The normalized spacial score (nSPS) is 20.2. The van der Waals surface area contributed by atoms with Gasteiger partial charge < -0.3 is 4.90 Å². The monoisotopic (exact) mass is 355 g/mol. The molecule has 0 unspecified atom stereocenters. The first-order valence-electron chi connectivity index (χ1n) is 8.28. The average molecular weight is 356 g/mol. The number of hydrogen-bond acceptors (Lipinski definition) is 3. The summed E-state index contributed by atoms with van der Waals surface area (Å²) >= 11 is 12.0. The van der Waals surface area contributed by atoms with Crippen molar-refractivity contribution in [3.05, 3.63) is 33.8 Å². The predicted octanol–water partition coefficient (Wildman–Crippen LogP) is 2.73. The molecular weight excluding hydrogens is 333 g/mol. The number of carbonyl (C=O) groups is 1. The lowest BCUT2D eigenvalue weighted by molar-refractivity contribution is -0.131. The molecule has 2 heterocycles. The summed E-state index contributed by atoms with van der Waals surface area (Å²) in [6.45, 7) is 7.18. The lowest BCUT2D eigenvalue weighted by Crippen LogP contribution is -2.49. The molecule has 1 amide bonds. The largest absolute Gasteiger partial charge is 0.342 e. The predicted molar refractivity (Wildman–Crippen MR) is 94.0 cm³/mol. The molecule has 0 saturated carbocycles. The maximum absolute atomic E-state index is 12.2. The molecule has 6 heteroatoms. The number of piperazine rings is 1. The standard InChI is InChI=1S/C17H23Cl2N3O/c18-15-4-3-14(11-16(15)19)12-20-7-9-21(10-8-20)13-17(23)22-5-1-2-6-22/h3-4,11H,1-2,5-10,12-13H2. The van der Waals surface area contributed by atoms with Crippen molar-refractivity contribution < 1.29 is 4.79 Å². The van der Waals surface area contributed by atoms with Gasteiger partial charge in [0.25, 0.3) is 0 Å². The van der Waals surface area contributed by atoms with E-state index in [9.17, 15) is 4.79 Å². The van der Waals surface area contributed by atoms with Crippen molar-refractivity contribution in [2.75, 3.05) is 45.8 Å². The van der Waals surface area contributed by atoms with Crippen LogP contribution in [0.4, 0.5) is 0 Å². The molecule has 2 saturated heterocycles. The molecule has 23 heavy (non-hydrogen) atoms. The van der Waals surface area contributed by atoms with E-state index in [2.05, 4.69) is 9.80 Å². The molecule has 0 N–H and O–H groups in total. The second-order valence-corrected chi connectivity index (χ2v) is 7.20. The highest BCUT2D eigenvalue weighted by molar-refractivity contribution is 6.42. The molecule has 126 valence electrons. The SMILES string of the molecule is O=C(CN1CCN(Cc2ccc(Cl)c(Cl)c2)CC1)N1CCCC1. The average Bonchev–Trinajstić information content (AvgIpc) is 3.07. The molecule has 2 aliphatic heterocycles. The zero-order valence-corrected chi connectivity index (χ0v) is 14.8. The number of benzene rings is 1. The zero-order chi connectivity index (χ0) is 16.2. The lowest BCUT2D eigenvalue weighted by Gasteiger charge is -2.35. The number of hydrogen-bond donors (Lipinski definition) is 0. The summed E-state index contributed by atoms with van der Waals surface area (Å²) in [7, 11) is 0. The van der Waals surface area contributed by atoms with Crippen LogP contribution in [0.15, 0.2) is 18.2 Å². The highest BCUT2D eigenvalue weighted by Crippen LogP contribution is 2.23. The van der Waals surface area contributed by atoms with Crippen LogP contribution in [0.2, 0.25) is 10.0 Å². The Bertz CT molecular complexity index is 553. The minimum absolute atomic E-state index is 0.292. The van der Waals surface area contributed by atoms with E-state index in [4.69, 9.17) is 23.2 Å². The summed E-state index contributed by atoms with van der Waals surface area (Å²) in [6.07, 6.45) is 2.31. The third kappa shape index (κ3) is 4.60. The molecule has 0 aliphatic carbocycles. The first-order valence-corrected chi connectivity index (χ1v) is 9.04. The Hall–Kier alpha value is -0.810. The Balaban J connectivity index is 1.44. The lowest BCUT2D eigenvalue weighted by atomic mass is 10.2. The number of halogens is 2. The molecule has 0 spiro atoms. The van der Waals surface area contributed by atoms with Gasteiger partial charge in [-0.1, -0.05) is 29.3 Å². The molecule has 2 fully saturated rings. The van der Waals surface area contributed by atoms with Gasteiger partial charge in [-0.2, -0.15) is 0 Å². The molecule has 0 aromatic heterocycles.